The van der Waals surface area contributed by atoms with E-state index in [0.717, 1.165) is 21.3 Å². The summed E-state index contributed by atoms with van der Waals surface area (Å²) in [5.41, 5.74) is 2.06. The largest absolute Gasteiger partial charge is 0.491 e. The third kappa shape index (κ3) is 2.87. The Morgan fingerprint density at radius 2 is 2.10 bits per heavy atom. The van der Waals surface area contributed by atoms with Crippen molar-refractivity contribution >= 4 is 15.9 Å². The van der Waals surface area contributed by atoms with Crippen LogP contribution in [0.4, 0.5) is 0 Å². The first-order chi connectivity index (χ1) is 9.74. The van der Waals surface area contributed by atoms with Gasteiger partial charge in [-0.2, -0.15) is 0 Å². The number of benzene rings is 2. The van der Waals surface area contributed by atoms with Gasteiger partial charge in [-0.05, 0) is 23.8 Å². The van der Waals surface area contributed by atoms with Crippen LogP contribution in [0.2, 0.25) is 0 Å². The van der Waals surface area contributed by atoms with Gasteiger partial charge < -0.3 is 15.2 Å². The van der Waals surface area contributed by atoms with Gasteiger partial charge in [0.05, 0.1) is 12.1 Å². The summed E-state index contributed by atoms with van der Waals surface area (Å²) in [7, 11) is 0. The van der Waals surface area contributed by atoms with Crippen molar-refractivity contribution in [1.82, 2.24) is 5.32 Å². The van der Waals surface area contributed by atoms with Crippen molar-refractivity contribution in [3.8, 4) is 5.75 Å². The van der Waals surface area contributed by atoms with Crippen molar-refractivity contribution in [2.24, 2.45) is 0 Å². The van der Waals surface area contributed by atoms with Gasteiger partial charge in [-0.3, -0.25) is 0 Å². The molecule has 0 spiro atoms. The fourth-order valence-electron chi connectivity index (χ4n) is 2.42. The highest BCUT2D eigenvalue weighted by molar-refractivity contribution is 9.10. The Hall–Kier alpha value is -1.36. The molecule has 0 saturated heterocycles. The van der Waals surface area contributed by atoms with E-state index in [-0.39, 0.29) is 6.04 Å². The van der Waals surface area contributed by atoms with Gasteiger partial charge in [-0.25, -0.2) is 0 Å². The Labute approximate surface area is 126 Å². The average Bonchev–Trinajstić information content (AvgIpc) is 2.88. The molecule has 4 heteroatoms. The number of aliphatic hydroxyl groups excluding tert-OH is 1. The average molecular weight is 334 g/mol. The minimum absolute atomic E-state index is 0.146. The van der Waals surface area contributed by atoms with Crippen LogP contribution in [0.25, 0.3) is 0 Å². The highest BCUT2D eigenvalue weighted by atomic mass is 79.9. The van der Waals surface area contributed by atoms with Crippen molar-refractivity contribution in [1.29, 1.82) is 0 Å². The Morgan fingerprint density at radius 1 is 1.25 bits per heavy atom. The van der Waals surface area contributed by atoms with Gasteiger partial charge in [-0.1, -0.05) is 46.3 Å². The first-order valence-corrected chi connectivity index (χ1v) is 7.42. The quantitative estimate of drug-likeness (QED) is 0.902. The predicted molar refractivity (Wildman–Crippen MR) is 81.8 cm³/mol. The van der Waals surface area contributed by atoms with Gasteiger partial charge >= 0.3 is 0 Å². The molecular formula is C16H16BrNO2. The van der Waals surface area contributed by atoms with E-state index in [1.54, 1.807) is 0 Å². The molecular weight excluding hydrogens is 318 g/mol. The summed E-state index contributed by atoms with van der Waals surface area (Å²) in [4.78, 5) is 0. The molecule has 3 nitrogen and oxygen atoms in total. The Kier molecular flexibility index (Phi) is 4.05. The fraction of sp³-hybridized carbons (Fsp3) is 0.250. The summed E-state index contributed by atoms with van der Waals surface area (Å²) in [5, 5.41) is 13.6. The van der Waals surface area contributed by atoms with Crippen molar-refractivity contribution in [3.05, 3.63) is 64.1 Å². The van der Waals surface area contributed by atoms with Crippen molar-refractivity contribution < 1.29 is 9.84 Å². The normalized spacial score (nSPS) is 18.4. The third-order valence-electron chi connectivity index (χ3n) is 3.49. The van der Waals surface area contributed by atoms with E-state index < -0.39 is 6.10 Å². The number of ether oxygens (including phenoxy) is 1. The van der Waals surface area contributed by atoms with Crippen LogP contribution in [0.5, 0.6) is 5.75 Å². The van der Waals surface area contributed by atoms with Crippen molar-refractivity contribution in [2.75, 3.05) is 13.2 Å². The molecule has 2 atom stereocenters. The topological polar surface area (TPSA) is 41.5 Å². The standard InChI is InChI=1S/C16H16BrNO2/c17-12-5-3-4-11(8-12)15(19)9-18-14-10-20-16-7-2-1-6-13(14)16/h1-8,14-15,18-19H,9-10H2. The number of hydrogen-bond donors (Lipinski definition) is 2. The van der Waals surface area contributed by atoms with Gasteiger partial charge in [0, 0.05) is 16.6 Å². The number of hydrogen-bond acceptors (Lipinski definition) is 3. The lowest BCUT2D eigenvalue weighted by Gasteiger charge is -2.16. The number of rotatable bonds is 4. The summed E-state index contributed by atoms with van der Waals surface area (Å²) in [5.74, 6) is 0.932. The smallest absolute Gasteiger partial charge is 0.124 e. The van der Waals surface area contributed by atoms with Gasteiger partial charge in [0.1, 0.15) is 12.4 Å². The van der Waals surface area contributed by atoms with E-state index >= 15 is 0 Å². The molecule has 2 aromatic carbocycles. The maximum Gasteiger partial charge on any atom is 0.124 e. The van der Waals surface area contributed by atoms with Crippen LogP contribution in [0.1, 0.15) is 23.3 Å². The lowest BCUT2D eigenvalue weighted by molar-refractivity contribution is 0.166. The fourth-order valence-corrected chi connectivity index (χ4v) is 2.83. The highest BCUT2D eigenvalue weighted by Gasteiger charge is 2.23. The Balaban J connectivity index is 1.63. The molecule has 0 radical (unpaired) electrons. The molecule has 2 aromatic rings. The summed E-state index contributed by atoms with van der Waals surface area (Å²) >= 11 is 3.42. The van der Waals surface area contributed by atoms with E-state index in [4.69, 9.17) is 4.74 Å². The van der Waals surface area contributed by atoms with E-state index in [1.807, 2.05) is 42.5 Å². The summed E-state index contributed by atoms with van der Waals surface area (Å²) in [6, 6.07) is 15.9. The zero-order valence-corrected chi connectivity index (χ0v) is 12.5. The number of aliphatic hydroxyl groups is 1. The summed E-state index contributed by atoms with van der Waals surface area (Å²) < 4.78 is 6.59. The molecule has 2 unspecified atom stereocenters. The number of nitrogens with one attached hydrogen (secondary N) is 1. The predicted octanol–water partition coefficient (Wildman–Crippen LogP) is 3.21. The molecule has 104 valence electrons. The van der Waals surface area contributed by atoms with Crippen LogP contribution < -0.4 is 10.1 Å². The Morgan fingerprint density at radius 3 is 2.95 bits per heavy atom. The highest BCUT2D eigenvalue weighted by Crippen LogP contribution is 2.31. The second-order valence-corrected chi connectivity index (χ2v) is 5.80. The van der Waals surface area contributed by atoms with Crippen LogP contribution in [0.3, 0.4) is 0 Å². The lowest BCUT2D eigenvalue weighted by Crippen LogP contribution is -2.27. The molecule has 1 aliphatic rings. The molecule has 0 fully saturated rings. The zero-order chi connectivity index (χ0) is 13.9. The van der Waals surface area contributed by atoms with Crippen LogP contribution in [-0.2, 0) is 0 Å². The molecule has 0 amide bonds. The maximum atomic E-state index is 10.2. The van der Waals surface area contributed by atoms with E-state index in [2.05, 4.69) is 27.3 Å². The molecule has 3 rings (SSSR count). The first-order valence-electron chi connectivity index (χ1n) is 6.62. The summed E-state index contributed by atoms with van der Waals surface area (Å²) in [6.45, 7) is 1.11. The van der Waals surface area contributed by atoms with Crippen molar-refractivity contribution in [2.45, 2.75) is 12.1 Å². The monoisotopic (exact) mass is 333 g/mol. The zero-order valence-electron chi connectivity index (χ0n) is 10.9. The molecule has 0 aliphatic carbocycles. The second kappa shape index (κ2) is 5.95. The van der Waals surface area contributed by atoms with E-state index in [9.17, 15) is 5.11 Å². The number of para-hydroxylation sites is 1. The van der Waals surface area contributed by atoms with E-state index in [1.165, 1.54) is 0 Å². The first kappa shape index (κ1) is 13.6. The SMILES string of the molecule is OC(CNC1COc2ccccc21)c1cccc(Br)c1. The van der Waals surface area contributed by atoms with Gasteiger partial charge in [0.25, 0.3) is 0 Å². The molecule has 0 saturated carbocycles. The van der Waals surface area contributed by atoms with Crippen LogP contribution in [0, 0.1) is 0 Å². The van der Waals surface area contributed by atoms with Crippen molar-refractivity contribution in [3.63, 3.8) is 0 Å². The minimum Gasteiger partial charge on any atom is -0.491 e. The molecule has 2 N–H and O–H groups in total. The maximum absolute atomic E-state index is 10.2. The molecule has 0 bridgehead atoms. The minimum atomic E-state index is -0.528. The van der Waals surface area contributed by atoms with Crippen LogP contribution >= 0.6 is 15.9 Å². The van der Waals surface area contributed by atoms with Crippen LogP contribution in [-0.4, -0.2) is 18.3 Å². The second-order valence-electron chi connectivity index (χ2n) is 4.88. The Bertz CT molecular complexity index is 603. The molecule has 1 heterocycles. The van der Waals surface area contributed by atoms with Crippen LogP contribution in [0.15, 0.2) is 53.0 Å². The number of fused-ring (bicyclic) bond motifs is 1. The number of halogens is 1. The molecule has 20 heavy (non-hydrogen) atoms. The third-order valence-corrected chi connectivity index (χ3v) is 3.98. The van der Waals surface area contributed by atoms with Gasteiger partial charge in [0.2, 0.25) is 0 Å². The van der Waals surface area contributed by atoms with E-state index in [0.29, 0.717) is 13.2 Å². The molecule has 1 aliphatic heterocycles. The van der Waals surface area contributed by atoms with Gasteiger partial charge in [-0.15, -0.1) is 0 Å². The van der Waals surface area contributed by atoms with Gasteiger partial charge in [0.15, 0.2) is 0 Å². The lowest BCUT2D eigenvalue weighted by atomic mass is 10.1. The summed E-state index contributed by atoms with van der Waals surface area (Å²) in [6.07, 6.45) is -0.528. The molecule has 0 aromatic heterocycles.